The maximum absolute atomic E-state index is 9.72. The van der Waals surface area contributed by atoms with Gasteiger partial charge in [-0.1, -0.05) is 19.3 Å². The van der Waals surface area contributed by atoms with E-state index in [1.165, 1.54) is 32.1 Å². The number of hydrogen-bond donors (Lipinski definition) is 2. The Bertz CT molecular complexity index is 345. The largest absolute Gasteiger partial charge is 0.490 e. The van der Waals surface area contributed by atoms with Crippen LogP contribution in [0.1, 0.15) is 50.4 Å². The van der Waals surface area contributed by atoms with E-state index >= 15 is 0 Å². The van der Waals surface area contributed by atoms with Gasteiger partial charge in [-0.05, 0) is 31.7 Å². The molecule has 3 N–H and O–H groups in total. The number of rotatable bonds is 6. The Balaban J connectivity index is 1.79. The molecule has 0 saturated heterocycles. The van der Waals surface area contributed by atoms with Crippen LogP contribution < -0.4 is 10.5 Å². The zero-order chi connectivity index (χ0) is 12.8. The Hall–Kier alpha value is -1.00. The van der Waals surface area contributed by atoms with Crippen LogP contribution in [0.25, 0.3) is 0 Å². The lowest BCUT2D eigenvalue weighted by Crippen LogP contribution is -2.15. The van der Waals surface area contributed by atoms with Crippen molar-refractivity contribution in [1.29, 1.82) is 0 Å². The monoisotopic (exact) mass is 253 g/mol. The summed E-state index contributed by atoms with van der Waals surface area (Å²) in [4.78, 5) is 0. The molecule has 102 valence electrons. The molecule has 1 aliphatic rings. The summed E-state index contributed by atoms with van der Waals surface area (Å²) in [5, 5.41) is 9.72. The van der Waals surface area contributed by atoms with Crippen LogP contribution in [0.2, 0.25) is 0 Å². The molecule has 0 aliphatic heterocycles. The number of ether oxygens (including phenoxy) is 1. The van der Waals surface area contributed by atoms with Gasteiger partial charge < -0.3 is 20.0 Å². The van der Waals surface area contributed by atoms with Gasteiger partial charge in [0.05, 0.1) is 6.61 Å². The molecule has 1 aromatic heterocycles. The molecule has 1 heterocycles. The Morgan fingerprint density at radius 1 is 1.39 bits per heavy atom. The van der Waals surface area contributed by atoms with Gasteiger partial charge in [-0.2, -0.15) is 0 Å². The molecule has 0 amide bonds. The zero-order valence-corrected chi connectivity index (χ0v) is 10.8. The van der Waals surface area contributed by atoms with E-state index in [2.05, 4.69) is 0 Å². The fourth-order valence-corrected chi connectivity index (χ4v) is 2.45. The smallest absolute Gasteiger partial charge is 0.157 e. The summed E-state index contributed by atoms with van der Waals surface area (Å²) in [6.07, 6.45) is 7.98. The van der Waals surface area contributed by atoms with Gasteiger partial charge >= 0.3 is 0 Å². The maximum atomic E-state index is 9.72. The minimum atomic E-state index is -0.623. The average molecular weight is 253 g/mol. The topological polar surface area (TPSA) is 68.6 Å². The Labute approximate surface area is 108 Å². The van der Waals surface area contributed by atoms with Crippen LogP contribution in [0.5, 0.6) is 5.75 Å². The van der Waals surface area contributed by atoms with Gasteiger partial charge in [-0.3, -0.25) is 0 Å². The molecule has 0 aromatic carbocycles. The van der Waals surface area contributed by atoms with Crippen LogP contribution in [-0.4, -0.2) is 18.3 Å². The van der Waals surface area contributed by atoms with Crippen molar-refractivity contribution >= 4 is 0 Å². The summed E-state index contributed by atoms with van der Waals surface area (Å²) in [5.74, 6) is 1.93. The number of aliphatic hydroxyl groups is 1. The summed E-state index contributed by atoms with van der Waals surface area (Å²) >= 11 is 0. The van der Waals surface area contributed by atoms with Crippen molar-refractivity contribution in [2.45, 2.75) is 44.6 Å². The first kappa shape index (κ1) is 13.4. The van der Waals surface area contributed by atoms with Gasteiger partial charge in [0.15, 0.2) is 5.75 Å². The Kier molecular flexibility index (Phi) is 5.08. The first-order valence-corrected chi connectivity index (χ1v) is 6.89. The van der Waals surface area contributed by atoms with E-state index in [-0.39, 0.29) is 0 Å². The normalized spacial score (nSPS) is 18.8. The zero-order valence-electron chi connectivity index (χ0n) is 10.8. The summed E-state index contributed by atoms with van der Waals surface area (Å²) in [7, 11) is 0. The van der Waals surface area contributed by atoms with Gasteiger partial charge in [0.1, 0.15) is 18.1 Å². The highest BCUT2D eigenvalue weighted by Crippen LogP contribution is 2.27. The summed E-state index contributed by atoms with van der Waals surface area (Å²) in [6, 6.07) is 1.77. The van der Waals surface area contributed by atoms with Gasteiger partial charge in [-0.15, -0.1) is 0 Å². The van der Waals surface area contributed by atoms with Crippen LogP contribution >= 0.6 is 0 Å². The molecule has 4 nitrogen and oxygen atoms in total. The molecule has 2 rings (SSSR count). The van der Waals surface area contributed by atoms with Crippen molar-refractivity contribution < 1.29 is 14.3 Å². The lowest BCUT2D eigenvalue weighted by molar-refractivity contribution is 0.143. The fraction of sp³-hybridized carbons (Fsp3) is 0.714. The molecule has 1 atom stereocenters. The van der Waals surface area contributed by atoms with Crippen LogP contribution in [0.4, 0.5) is 0 Å². The van der Waals surface area contributed by atoms with Crippen molar-refractivity contribution in [2.24, 2.45) is 11.7 Å². The number of nitrogens with two attached hydrogens (primary N) is 1. The molecular formula is C14H23NO3. The van der Waals surface area contributed by atoms with Crippen LogP contribution in [0.15, 0.2) is 16.7 Å². The van der Waals surface area contributed by atoms with Crippen molar-refractivity contribution in [3.05, 3.63) is 18.1 Å². The molecule has 1 unspecified atom stereocenters. The van der Waals surface area contributed by atoms with Crippen molar-refractivity contribution in [2.75, 3.05) is 13.2 Å². The average Bonchev–Trinajstić information content (AvgIpc) is 2.87. The highest BCUT2D eigenvalue weighted by Gasteiger charge is 2.16. The fourth-order valence-electron chi connectivity index (χ4n) is 2.45. The number of furan rings is 1. The highest BCUT2D eigenvalue weighted by atomic mass is 16.5. The summed E-state index contributed by atoms with van der Waals surface area (Å²) in [6.45, 7) is 1.20. The van der Waals surface area contributed by atoms with E-state index in [0.29, 0.717) is 30.4 Å². The molecule has 4 heteroatoms. The summed E-state index contributed by atoms with van der Waals surface area (Å²) < 4.78 is 11.0. The molecule has 0 bridgehead atoms. The van der Waals surface area contributed by atoms with Crippen molar-refractivity contribution in [1.82, 2.24) is 0 Å². The van der Waals surface area contributed by atoms with Gasteiger partial charge in [0.25, 0.3) is 0 Å². The first-order valence-electron chi connectivity index (χ1n) is 6.89. The van der Waals surface area contributed by atoms with E-state index in [9.17, 15) is 5.11 Å². The Morgan fingerprint density at radius 2 is 2.17 bits per heavy atom. The second-order valence-corrected chi connectivity index (χ2v) is 5.09. The molecule has 0 radical (unpaired) electrons. The van der Waals surface area contributed by atoms with Crippen LogP contribution in [0.3, 0.4) is 0 Å². The van der Waals surface area contributed by atoms with E-state index in [1.54, 1.807) is 12.3 Å². The first-order chi connectivity index (χ1) is 8.79. The molecular weight excluding hydrogens is 230 g/mol. The third kappa shape index (κ3) is 3.75. The predicted molar refractivity (Wildman–Crippen MR) is 69.4 cm³/mol. The molecule has 1 fully saturated rings. The SMILES string of the molecule is NCCC(O)c1cc(OCC2CCCCC2)co1. The summed E-state index contributed by atoms with van der Waals surface area (Å²) in [5.41, 5.74) is 5.40. The molecule has 1 aliphatic carbocycles. The third-order valence-electron chi connectivity index (χ3n) is 3.57. The van der Waals surface area contributed by atoms with Gasteiger partial charge in [-0.25, -0.2) is 0 Å². The minimum absolute atomic E-state index is 0.445. The second kappa shape index (κ2) is 6.81. The maximum Gasteiger partial charge on any atom is 0.157 e. The predicted octanol–water partition coefficient (Wildman–Crippen LogP) is 2.62. The standard InChI is InChI=1S/C14H23NO3/c15-7-6-13(16)14-8-12(10-18-14)17-9-11-4-2-1-3-5-11/h8,10-11,13,16H,1-7,9,15H2. The lowest BCUT2D eigenvalue weighted by Gasteiger charge is -2.21. The second-order valence-electron chi connectivity index (χ2n) is 5.09. The quantitative estimate of drug-likeness (QED) is 0.817. The minimum Gasteiger partial charge on any atom is -0.490 e. The number of aliphatic hydroxyl groups excluding tert-OH is 1. The van der Waals surface area contributed by atoms with E-state index in [1.807, 2.05) is 0 Å². The highest BCUT2D eigenvalue weighted by molar-refractivity contribution is 5.20. The van der Waals surface area contributed by atoms with E-state index < -0.39 is 6.10 Å². The van der Waals surface area contributed by atoms with Crippen molar-refractivity contribution in [3.63, 3.8) is 0 Å². The third-order valence-corrected chi connectivity index (χ3v) is 3.57. The molecule has 1 aromatic rings. The Morgan fingerprint density at radius 3 is 2.89 bits per heavy atom. The lowest BCUT2D eigenvalue weighted by atomic mass is 9.90. The molecule has 1 saturated carbocycles. The number of hydrogen-bond acceptors (Lipinski definition) is 4. The van der Waals surface area contributed by atoms with E-state index in [0.717, 1.165) is 6.61 Å². The van der Waals surface area contributed by atoms with E-state index in [4.69, 9.17) is 14.9 Å². The van der Waals surface area contributed by atoms with Crippen LogP contribution in [0, 0.1) is 5.92 Å². The van der Waals surface area contributed by atoms with Gasteiger partial charge in [0, 0.05) is 6.07 Å². The van der Waals surface area contributed by atoms with Crippen molar-refractivity contribution in [3.8, 4) is 5.75 Å². The van der Waals surface area contributed by atoms with Gasteiger partial charge in [0.2, 0.25) is 0 Å². The molecule has 18 heavy (non-hydrogen) atoms. The molecule has 0 spiro atoms. The van der Waals surface area contributed by atoms with Crippen LogP contribution in [-0.2, 0) is 0 Å².